The fourth-order valence-corrected chi connectivity index (χ4v) is 1.89. The minimum Gasteiger partial charge on any atom is -0.355 e. The van der Waals surface area contributed by atoms with Gasteiger partial charge in [0.25, 0.3) is 0 Å². The highest BCUT2D eigenvalue weighted by molar-refractivity contribution is 14.0. The molecule has 8 heteroatoms. The molecule has 0 saturated carbocycles. The van der Waals surface area contributed by atoms with Crippen molar-refractivity contribution in [3.63, 3.8) is 0 Å². The molecule has 0 fully saturated rings. The van der Waals surface area contributed by atoms with Gasteiger partial charge >= 0.3 is 0 Å². The molecular formula is C13H22IN7. The number of hydrogen-bond acceptors (Lipinski definition) is 3. The van der Waals surface area contributed by atoms with Crippen molar-refractivity contribution in [2.75, 3.05) is 13.6 Å². The Labute approximate surface area is 141 Å². The van der Waals surface area contributed by atoms with Crippen LogP contribution in [0.5, 0.6) is 0 Å². The standard InChI is InChI=1S/C13H21N7.HI/c1-3-20-11-17-18-12(20)10-16-13(14-2)15-6-9-19-7-4-5-8-19;/h4-5,7-8,11H,3,6,9-10H2,1-2H3,(H2,14,15,16);1H. The third-order valence-corrected chi connectivity index (χ3v) is 3.00. The zero-order valence-electron chi connectivity index (χ0n) is 12.4. The van der Waals surface area contributed by atoms with Crippen LogP contribution in [0.2, 0.25) is 0 Å². The van der Waals surface area contributed by atoms with Gasteiger partial charge in [0.05, 0.1) is 6.54 Å². The van der Waals surface area contributed by atoms with Crippen molar-refractivity contribution < 1.29 is 0 Å². The molecule has 2 rings (SSSR count). The molecule has 0 aliphatic rings. The number of aromatic nitrogens is 4. The summed E-state index contributed by atoms with van der Waals surface area (Å²) < 4.78 is 4.12. The van der Waals surface area contributed by atoms with Crippen LogP contribution >= 0.6 is 24.0 Å². The summed E-state index contributed by atoms with van der Waals surface area (Å²) >= 11 is 0. The average molecular weight is 403 g/mol. The van der Waals surface area contributed by atoms with Crippen LogP contribution < -0.4 is 10.6 Å². The van der Waals surface area contributed by atoms with Crippen LogP contribution in [0.25, 0.3) is 0 Å². The summed E-state index contributed by atoms with van der Waals surface area (Å²) in [6.07, 6.45) is 5.82. The van der Waals surface area contributed by atoms with Crippen molar-refractivity contribution in [2.24, 2.45) is 4.99 Å². The van der Waals surface area contributed by atoms with Crippen molar-refractivity contribution in [3.05, 3.63) is 36.7 Å². The Morgan fingerprint density at radius 2 is 2.05 bits per heavy atom. The van der Waals surface area contributed by atoms with Crippen molar-refractivity contribution in [3.8, 4) is 0 Å². The lowest BCUT2D eigenvalue weighted by Crippen LogP contribution is -2.38. The van der Waals surface area contributed by atoms with Gasteiger partial charge in [0.1, 0.15) is 6.33 Å². The summed E-state index contributed by atoms with van der Waals surface area (Å²) in [6, 6.07) is 4.04. The van der Waals surface area contributed by atoms with E-state index in [1.807, 2.05) is 29.1 Å². The SMILES string of the molecule is CCn1cnnc1CNC(=NC)NCCn1cccc1.I. The zero-order valence-corrected chi connectivity index (χ0v) is 14.7. The largest absolute Gasteiger partial charge is 0.355 e. The molecule has 2 aromatic heterocycles. The van der Waals surface area contributed by atoms with Gasteiger partial charge in [0.15, 0.2) is 11.8 Å². The molecule has 2 aromatic rings. The van der Waals surface area contributed by atoms with Crippen LogP contribution in [0.3, 0.4) is 0 Å². The Bertz CT molecular complexity index is 532. The second-order valence-corrected chi connectivity index (χ2v) is 4.31. The molecule has 2 N–H and O–H groups in total. The van der Waals surface area contributed by atoms with E-state index in [1.54, 1.807) is 13.4 Å². The normalized spacial score (nSPS) is 11.0. The maximum Gasteiger partial charge on any atom is 0.191 e. The monoisotopic (exact) mass is 403 g/mol. The fraction of sp³-hybridized carbons (Fsp3) is 0.462. The molecule has 0 unspecified atom stereocenters. The van der Waals surface area contributed by atoms with Crippen molar-refractivity contribution in [2.45, 2.75) is 26.6 Å². The van der Waals surface area contributed by atoms with Gasteiger partial charge in [-0.1, -0.05) is 0 Å². The van der Waals surface area contributed by atoms with E-state index in [9.17, 15) is 0 Å². The molecule has 0 aromatic carbocycles. The summed E-state index contributed by atoms with van der Waals surface area (Å²) in [6.45, 7) is 5.26. The molecule has 0 bridgehead atoms. The lowest BCUT2D eigenvalue weighted by Gasteiger charge is -2.12. The minimum absolute atomic E-state index is 0. The molecule has 0 spiro atoms. The van der Waals surface area contributed by atoms with Crippen LogP contribution in [0, 0.1) is 0 Å². The number of rotatable bonds is 6. The molecule has 7 nitrogen and oxygen atoms in total. The van der Waals surface area contributed by atoms with Crippen LogP contribution in [0.15, 0.2) is 35.8 Å². The summed E-state index contributed by atoms with van der Waals surface area (Å²) in [4.78, 5) is 4.19. The number of aryl methyl sites for hydroxylation is 1. The Hall–Kier alpha value is -1.58. The molecule has 0 aliphatic heterocycles. The van der Waals surface area contributed by atoms with Gasteiger partial charge in [-0.3, -0.25) is 4.99 Å². The number of nitrogens with one attached hydrogen (secondary N) is 2. The third-order valence-electron chi connectivity index (χ3n) is 3.00. The molecule has 0 aliphatic carbocycles. The highest BCUT2D eigenvalue weighted by atomic mass is 127. The van der Waals surface area contributed by atoms with E-state index >= 15 is 0 Å². The van der Waals surface area contributed by atoms with Gasteiger partial charge in [-0.2, -0.15) is 0 Å². The van der Waals surface area contributed by atoms with E-state index in [0.717, 1.165) is 31.4 Å². The van der Waals surface area contributed by atoms with E-state index in [1.165, 1.54) is 0 Å². The Balaban J connectivity index is 0.00000220. The van der Waals surface area contributed by atoms with Crippen LogP contribution in [0.1, 0.15) is 12.7 Å². The summed E-state index contributed by atoms with van der Waals surface area (Å²) in [5.41, 5.74) is 0. The van der Waals surface area contributed by atoms with E-state index in [4.69, 9.17) is 0 Å². The summed E-state index contributed by atoms with van der Waals surface area (Å²) in [7, 11) is 1.76. The topological polar surface area (TPSA) is 72.1 Å². The highest BCUT2D eigenvalue weighted by Gasteiger charge is 2.03. The molecule has 0 saturated heterocycles. The fourth-order valence-electron chi connectivity index (χ4n) is 1.89. The number of hydrogen-bond donors (Lipinski definition) is 2. The first-order valence-electron chi connectivity index (χ1n) is 6.75. The van der Waals surface area contributed by atoms with E-state index < -0.39 is 0 Å². The van der Waals surface area contributed by atoms with E-state index in [-0.39, 0.29) is 24.0 Å². The molecule has 2 heterocycles. The van der Waals surface area contributed by atoms with Gasteiger partial charge in [0, 0.05) is 39.1 Å². The van der Waals surface area contributed by atoms with E-state index in [0.29, 0.717) is 6.54 Å². The van der Waals surface area contributed by atoms with Crippen LogP contribution in [0.4, 0.5) is 0 Å². The van der Waals surface area contributed by atoms with Gasteiger partial charge in [-0.15, -0.1) is 34.2 Å². The number of aliphatic imine (C=N–C) groups is 1. The van der Waals surface area contributed by atoms with Crippen molar-refractivity contribution in [1.29, 1.82) is 0 Å². The highest BCUT2D eigenvalue weighted by Crippen LogP contribution is 1.93. The smallest absolute Gasteiger partial charge is 0.191 e. The quantitative estimate of drug-likeness (QED) is 0.430. The Kier molecular flexibility index (Phi) is 7.80. The molecular weight excluding hydrogens is 381 g/mol. The van der Waals surface area contributed by atoms with Crippen molar-refractivity contribution in [1.82, 2.24) is 30.0 Å². The molecule has 0 amide bonds. The lowest BCUT2D eigenvalue weighted by atomic mass is 10.5. The average Bonchev–Trinajstić information content (AvgIpc) is 3.13. The van der Waals surface area contributed by atoms with Gasteiger partial charge in [-0.05, 0) is 19.1 Å². The van der Waals surface area contributed by atoms with E-state index in [2.05, 4.69) is 37.3 Å². The molecule has 0 radical (unpaired) electrons. The van der Waals surface area contributed by atoms with Gasteiger partial charge in [0.2, 0.25) is 0 Å². The zero-order chi connectivity index (χ0) is 14.2. The molecule has 0 atom stereocenters. The number of nitrogens with zero attached hydrogens (tertiary/aromatic N) is 5. The summed E-state index contributed by atoms with van der Waals surface area (Å²) in [5.74, 6) is 1.67. The van der Waals surface area contributed by atoms with Crippen LogP contribution in [-0.2, 0) is 19.6 Å². The first-order chi connectivity index (χ1) is 9.83. The maximum atomic E-state index is 4.19. The van der Waals surface area contributed by atoms with Crippen LogP contribution in [-0.4, -0.2) is 38.9 Å². The Morgan fingerprint density at radius 3 is 2.71 bits per heavy atom. The second-order valence-electron chi connectivity index (χ2n) is 4.31. The lowest BCUT2D eigenvalue weighted by molar-refractivity contribution is 0.648. The summed E-state index contributed by atoms with van der Waals surface area (Å²) in [5, 5.41) is 14.5. The first kappa shape index (κ1) is 17.5. The maximum absolute atomic E-state index is 4.19. The third kappa shape index (κ3) is 5.37. The minimum atomic E-state index is 0. The Morgan fingerprint density at radius 1 is 1.29 bits per heavy atom. The number of halogens is 1. The predicted molar refractivity (Wildman–Crippen MR) is 93.7 cm³/mol. The van der Waals surface area contributed by atoms with Crippen molar-refractivity contribution >= 4 is 29.9 Å². The predicted octanol–water partition coefficient (Wildman–Crippen LogP) is 1.08. The molecule has 116 valence electrons. The van der Waals surface area contributed by atoms with Gasteiger partial charge < -0.3 is 19.8 Å². The second kappa shape index (κ2) is 9.37. The first-order valence-corrected chi connectivity index (χ1v) is 6.75. The molecule has 21 heavy (non-hydrogen) atoms. The van der Waals surface area contributed by atoms with Gasteiger partial charge in [-0.25, -0.2) is 0 Å². The number of guanidine groups is 1.